The van der Waals surface area contributed by atoms with Crippen molar-refractivity contribution in [2.24, 2.45) is 5.10 Å². The number of para-hydroxylation sites is 1. The number of aromatic hydroxyl groups is 1. The highest BCUT2D eigenvalue weighted by Crippen LogP contribution is 2.15. The first-order valence-corrected chi connectivity index (χ1v) is 7.51. The van der Waals surface area contributed by atoms with Crippen LogP contribution in [0.5, 0.6) is 5.75 Å². The Balaban J connectivity index is 1.81. The summed E-state index contributed by atoms with van der Waals surface area (Å²) >= 11 is 0. The molecule has 0 bridgehead atoms. The van der Waals surface area contributed by atoms with Gasteiger partial charge in [0.1, 0.15) is 5.75 Å². The summed E-state index contributed by atoms with van der Waals surface area (Å²) in [5, 5.41) is 13.5. The predicted molar refractivity (Wildman–Crippen MR) is 93.6 cm³/mol. The van der Waals surface area contributed by atoms with Gasteiger partial charge in [-0.05, 0) is 61.0 Å². The molecule has 5 nitrogen and oxygen atoms in total. The molecule has 1 heterocycles. The van der Waals surface area contributed by atoms with Gasteiger partial charge in [-0.1, -0.05) is 12.1 Å². The van der Waals surface area contributed by atoms with Gasteiger partial charge < -0.3 is 9.67 Å². The van der Waals surface area contributed by atoms with Crippen LogP contribution < -0.4 is 5.43 Å². The molecule has 2 N–H and O–H groups in total. The largest absolute Gasteiger partial charge is 0.508 e. The van der Waals surface area contributed by atoms with Gasteiger partial charge in [0.25, 0.3) is 5.91 Å². The summed E-state index contributed by atoms with van der Waals surface area (Å²) in [4.78, 5) is 12.5. The molecule has 0 spiro atoms. The zero-order valence-electron chi connectivity index (χ0n) is 13.2. The van der Waals surface area contributed by atoms with Crippen molar-refractivity contribution in [3.63, 3.8) is 0 Å². The summed E-state index contributed by atoms with van der Waals surface area (Å²) in [6.07, 6.45) is 3.77. The Kier molecular flexibility index (Phi) is 4.43. The van der Waals surface area contributed by atoms with Gasteiger partial charge in [0.2, 0.25) is 0 Å². The molecular weight excluding hydrogens is 302 g/mol. The van der Waals surface area contributed by atoms with E-state index < -0.39 is 0 Å². The van der Waals surface area contributed by atoms with Crippen molar-refractivity contribution in [3.05, 3.63) is 84.2 Å². The molecule has 0 atom stereocenters. The Morgan fingerprint density at radius 2 is 1.67 bits per heavy atom. The molecule has 1 amide bonds. The zero-order valence-corrected chi connectivity index (χ0v) is 13.2. The topological polar surface area (TPSA) is 66.6 Å². The Morgan fingerprint density at radius 3 is 2.38 bits per heavy atom. The van der Waals surface area contributed by atoms with Gasteiger partial charge in [-0.3, -0.25) is 4.79 Å². The maximum absolute atomic E-state index is 12.5. The molecule has 0 aliphatic carbocycles. The molecule has 0 aliphatic rings. The van der Waals surface area contributed by atoms with E-state index in [9.17, 15) is 9.90 Å². The van der Waals surface area contributed by atoms with Crippen molar-refractivity contribution < 1.29 is 9.90 Å². The lowest BCUT2D eigenvalue weighted by Gasteiger charge is -2.09. The smallest absolute Gasteiger partial charge is 0.273 e. The van der Waals surface area contributed by atoms with Crippen LogP contribution >= 0.6 is 0 Å². The van der Waals surface area contributed by atoms with Gasteiger partial charge in [-0.15, -0.1) is 0 Å². The van der Waals surface area contributed by atoms with Crippen molar-refractivity contribution in [1.82, 2.24) is 9.99 Å². The second kappa shape index (κ2) is 6.83. The normalized spacial score (nSPS) is 11.3. The Bertz CT molecular complexity index is 866. The van der Waals surface area contributed by atoms with Crippen LogP contribution in [-0.4, -0.2) is 21.3 Å². The van der Waals surface area contributed by atoms with E-state index in [0.717, 1.165) is 11.3 Å². The lowest BCUT2D eigenvalue weighted by atomic mass is 10.1. The number of hydrogen-bond donors (Lipinski definition) is 2. The average molecular weight is 319 g/mol. The van der Waals surface area contributed by atoms with Gasteiger partial charge >= 0.3 is 0 Å². The highest BCUT2D eigenvalue weighted by molar-refractivity contribution is 6.02. The number of nitrogens with one attached hydrogen (secondary N) is 1. The fourth-order valence-corrected chi connectivity index (χ4v) is 2.35. The first-order chi connectivity index (χ1) is 11.6. The first-order valence-electron chi connectivity index (χ1n) is 7.51. The molecule has 120 valence electrons. The lowest BCUT2D eigenvalue weighted by Crippen LogP contribution is -2.21. The third-order valence-electron chi connectivity index (χ3n) is 3.64. The summed E-state index contributed by atoms with van der Waals surface area (Å²) in [6.45, 7) is 1.80. The minimum Gasteiger partial charge on any atom is -0.508 e. The van der Waals surface area contributed by atoms with Crippen molar-refractivity contribution >= 4 is 11.6 Å². The number of benzene rings is 2. The average Bonchev–Trinajstić information content (AvgIpc) is 3.14. The molecule has 5 heteroatoms. The minimum atomic E-state index is -0.280. The van der Waals surface area contributed by atoms with E-state index in [2.05, 4.69) is 10.5 Å². The van der Waals surface area contributed by atoms with Crippen LogP contribution in [0.1, 0.15) is 22.8 Å². The van der Waals surface area contributed by atoms with Crippen LogP contribution in [0, 0.1) is 0 Å². The van der Waals surface area contributed by atoms with E-state index in [1.807, 2.05) is 47.3 Å². The SMILES string of the molecule is C/C(=N\NC(=O)c1ccccc1-n1cccc1)c1ccc(O)cc1. The standard InChI is InChI=1S/C19H17N3O2/c1-14(15-8-10-16(23)11-9-15)20-21-19(24)17-6-2-3-7-18(17)22-12-4-5-13-22/h2-13,23H,1H3,(H,21,24)/b20-14+. The van der Waals surface area contributed by atoms with Gasteiger partial charge in [0.15, 0.2) is 0 Å². The lowest BCUT2D eigenvalue weighted by molar-refractivity contribution is 0.0955. The molecule has 0 unspecified atom stereocenters. The number of rotatable bonds is 4. The highest BCUT2D eigenvalue weighted by Gasteiger charge is 2.11. The summed E-state index contributed by atoms with van der Waals surface area (Å²) < 4.78 is 1.88. The Hall–Kier alpha value is -3.34. The van der Waals surface area contributed by atoms with E-state index in [4.69, 9.17) is 0 Å². The van der Waals surface area contributed by atoms with Crippen LogP contribution in [0.3, 0.4) is 0 Å². The molecular formula is C19H17N3O2. The molecule has 2 aromatic carbocycles. The van der Waals surface area contributed by atoms with Gasteiger partial charge in [0.05, 0.1) is 17.0 Å². The number of phenols is 1. The van der Waals surface area contributed by atoms with E-state index in [1.165, 1.54) is 0 Å². The molecule has 0 saturated heterocycles. The first kappa shape index (κ1) is 15.6. The summed E-state index contributed by atoms with van der Waals surface area (Å²) in [5.74, 6) is -0.0892. The molecule has 3 aromatic rings. The van der Waals surface area contributed by atoms with Crippen LogP contribution in [0.25, 0.3) is 5.69 Å². The number of amides is 1. The molecule has 0 aliphatic heterocycles. The second-order valence-corrected chi connectivity index (χ2v) is 5.29. The van der Waals surface area contributed by atoms with E-state index in [-0.39, 0.29) is 11.7 Å². The zero-order chi connectivity index (χ0) is 16.9. The number of nitrogens with zero attached hydrogens (tertiary/aromatic N) is 2. The van der Waals surface area contributed by atoms with Crippen molar-refractivity contribution in [1.29, 1.82) is 0 Å². The fourth-order valence-electron chi connectivity index (χ4n) is 2.35. The van der Waals surface area contributed by atoms with Crippen molar-refractivity contribution in [2.45, 2.75) is 6.92 Å². The quantitative estimate of drug-likeness (QED) is 0.572. The number of hydrazone groups is 1. The highest BCUT2D eigenvalue weighted by atomic mass is 16.3. The molecule has 3 rings (SSSR count). The van der Waals surface area contributed by atoms with Crippen LogP contribution in [0.4, 0.5) is 0 Å². The van der Waals surface area contributed by atoms with Crippen LogP contribution in [-0.2, 0) is 0 Å². The number of carbonyl (C=O) groups is 1. The van der Waals surface area contributed by atoms with Gasteiger partial charge in [0, 0.05) is 12.4 Å². The minimum absolute atomic E-state index is 0.191. The molecule has 1 aromatic heterocycles. The maximum Gasteiger partial charge on any atom is 0.273 e. The Morgan fingerprint density at radius 1 is 1.00 bits per heavy atom. The monoisotopic (exact) mass is 319 g/mol. The third kappa shape index (κ3) is 3.35. The van der Waals surface area contributed by atoms with E-state index >= 15 is 0 Å². The summed E-state index contributed by atoms with van der Waals surface area (Å²) in [5.41, 5.74) is 5.39. The molecule has 0 saturated carbocycles. The number of phenolic OH excluding ortho intramolecular Hbond substituents is 1. The molecule has 24 heavy (non-hydrogen) atoms. The maximum atomic E-state index is 12.5. The predicted octanol–water partition coefficient (Wildman–Crippen LogP) is 3.34. The van der Waals surface area contributed by atoms with Crippen molar-refractivity contribution in [2.75, 3.05) is 0 Å². The fraction of sp³-hybridized carbons (Fsp3) is 0.0526. The van der Waals surface area contributed by atoms with Gasteiger partial charge in [-0.2, -0.15) is 5.10 Å². The Labute approximate surface area is 139 Å². The number of hydrogen-bond acceptors (Lipinski definition) is 3. The second-order valence-electron chi connectivity index (χ2n) is 5.29. The molecule has 0 radical (unpaired) electrons. The number of aromatic nitrogens is 1. The summed E-state index contributed by atoms with van der Waals surface area (Å²) in [7, 11) is 0. The van der Waals surface area contributed by atoms with E-state index in [1.54, 1.807) is 37.3 Å². The third-order valence-corrected chi connectivity index (χ3v) is 3.64. The van der Waals surface area contributed by atoms with Crippen LogP contribution in [0.15, 0.2) is 78.2 Å². The van der Waals surface area contributed by atoms with Crippen molar-refractivity contribution in [3.8, 4) is 11.4 Å². The van der Waals surface area contributed by atoms with Gasteiger partial charge in [-0.25, -0.2) is 5.43 Å². The van der Waals surface area contributed by atoms with Crippen LogP contribution in [0.2, 0.25) is 0 Å². The summed E-state index contributed by atoms with van der Waals surface area (Å²) in [6, 6.07) is 17.8. The van der Waals surface area contributed by atoms with E-state index in [0.29, 0.717) is 11.3 Å². The molecule has 0 fully saturated rings. The number of carbonyl (C=O) groups excluding carboxylic acids is 1.